The Kier molecular flexibility index (Phi) is 4.44. The molecule has 0 aliphatic rings. The first-order valence-electron chi connectivity index (χ1n) is 5.10. The van der Waals surface area contributed by atoms with Gasteiger partial charge < -0.3 is 14.6 Å². The van der Waals surface area contributed by atoms with Gasteiger partial charge in [-0.25, -0.2) is 0 Å². The van der Waals surface area contributed by atoms with Crippen LogP contribution in [0.2, 0.25) is 5.02 Å². The van der Waals surface area contributed by atoms with Crippen molar-refractivity contribution < 1.29 is 14.6 Å². The van der Waals surface area contributed by atoms with Crippen LogP contribution in [0.1, 0.15) is 30.9 Å². The van der Waals surface area contributed by atoms with Gasteiger partial charge in [-0.15, -0.1) is 0 Å². The second-order valence-corrected chi connectivity index (χ2v) is 4.21. The van der Waals surface area contributed by atoms with Gasteiger partial charge in [0.25, 0.3) is 0 Å². The smallest absolute Gasteiger partial charge is 0.164 e. The summed E-state index contributed by atoms with van der Waals surface area (Å²) in [4.78, 5) is 0. The summed E-state index contributed by atoms with van der Waals surface area (Å²) in [6.07, 6.45) is 0. The van der Waals surface area contributed by atoms with Crippen LogP contribution in [0.3, 0.4) is 0 Å². The fourth-order valence-electron chi connectivity index (χ4n) is 1.80. The lowest BCUT2D eigenvalue weighted by molar-refractivity contribution is 0.277. The highest BCUT2D eigenvalue weighted by Crippen LogP contribution is 2.41. The molecule has 0 unspecified atom stereocenters. The van der Waals surface area contributed by atoms with Gasteiger partial charge >= 0.3 is 0 Å². The molecule has 1 rings (SSSR count). The van der Waals surface area contributed by atoms with E-state index in [0.717, 1.165) is 5.56 Å². The van der Waals surface area contributed by atoms with Crippen LogP contribution < -0.4 is 9.47 Å². The van der Waals surface area contributed by atoms with Crippen LogP contribution in [-0.2, 0) is 6.61 Å². The summed E-state index contributed by atoms with van der Waals surface area (Å²) in [7, 11) is 3.15. The minimum Gasteiger partial charge on any atom is -0.493 e. The van der Waals surface area contributed by atoms with E-state index in [2.05, 4.69) is 0 Å². The summed E-state index contributed by atoms with van der Waals surface area (Å²) in [5, 5.41) is 9.85. The van der Waals surface area contributed by atoms with Crippen LogP contribution in [0, 0.1) is 0 Å². The molecule has 0 spiro atoms. The molecule has 1 aromatic rings. The zero-order valence-corrected chi connectivity index (χ0v) is 10.8. The van der Waals surface area contributed by atoms with E-state index in [4.69, 9.17) is 21.1 Å². The van der Waals surface area contributed by atoms with E-state index in [1.165, 1.54) is 0 Å². The largest absolute Gasteiger partial charge is 0.493 e. The van der Waals surface area contributed by atoms with E-state index in [-0.39, 0.29) is 12.5 Å². The van der Waals surface area contributed by atoms with E-state index < -0.39 is 0 Å². The van der Waals surface area contributed by atoms with Gasteiger partial charge in [-0.1, -0.05) is 25.4 Å². The highest BCUT2D eigenvalue weighted by Gasteiger charge is 2.20. The van der Waals surface area contributed by atoms with Gasteiger partial charge in [0, 0.05) is 17.2 Å². The maximum absolute atomic E-state index is 9.35. The Morgan fingerprint density at radius 2 is 1.94 bits per heavy atom. The lowest BCUT2D eigenvalue weighted by Crippen LogP contribution is -2.03. The van der Waals surface area contributed by atoms with E-state index in [0.29, 0.717) is 22.1 Å². The summed E-state index contributed by atoms with van der Waals surface area (Å²) >= 11 is 6.09. The minimum absolute atomic E-state index is 0.104. The zero-order valence-electron chi connectivity index (χ0n) is 10.0. The van der Waals surface area contributed by atoms with Crippen molar-refractivity contribution in [1.29, 1.82) is 0 Å². The molecule has 0 aromatic heterocycles. The van der Waals surface area contributed by atoms with Gasteiger partial charge in [0.1, 0.15) is 0 Å². The van der Waals surface area contributed by atoms with E-state index >= 15 is 0 Å². The Morgan fingerprint density at radius 3 is 2.31 bits per heavy atom. The van der Waals surface area contributed by atoms with Crippen LogP contribution >= 0.6 is 11.6 Å². The molecule has 0 heterocycles. The molecule has 3 nitrogen and oxygen atoms in total. The number of aliphatic hydroxyl groups is 1. The molecule has 0 radical (unpaired) electrons. The summed E-state index contributed by atoms with van der Waals surface area (Å²) < 4.78 is 10.5. The second-order valence-electron chi connectivity index (χ2n) is 3.80. The van der Waals surface area contributed by atoms with Crippen molar-refractivity contribution in [2.45, 2.75) is 26.4 Å². The minimum atomic E-state index is -0.104. The van der Waals surface area contributed by atoms with Crippen molar-refractivity contribution in [3.05, 3.63) is 22.2 Å². The Morgan fingerprint density at radius 1 is 1.31 bits per heavy atom. The summed E-state index contributed by atoms with van der Waals surface area (Å²) in [5.74, 6) is 1.43. The molecule has 0 saturated heterocycles. The highest BCUT2D eigenvalue weighted by atomic mass is 35.5. The maximum atomic E-state index is 9.35. The Bertz CT molecular complexity index is 375. The number of ether oxygens (including phenoxy) is 2. The molecular formula is C12H17ClO3. The van der Waals surface area contributed by atoms with Crippen LogP contribution in [0.25, 0.3) is 0 Å². The maximum Gasteiger partial charge on any atom is 0.164 e. The fourth-order valence-corrected chi connectivity index (χ4v) is 2.06. The molecule has 0 fully saturated rings. The lowest BCUT2D eigenvalue weighted by Gasteiger charge is -2.19. The van der Waals surface area contributed by atoms with Crippen molar-refractivity contribution in [1.82, 2.24) is 0 Å². The highest BCUT2D eigenvalue weighted by molar-refractivity contribution is 6.31. The van der Waals surface area contributed by atoms with Crippen LogP contribution in [0.5, 0.6) is 11.5 Å². The SMILES string of the molecule is COc1cc(Cl)c(CO)c(C(C)C)c1OC. The number of hydrogen-bond acceptors (Lipinski definition) is 3. The first kappa shape index (κ1) is 13.1. The summed E-state index contributed by atoms with van der Waals surface area (Å²) in [6, 6.07) is 1.66. The molecule has 90 valence electrons. The monoisotopic (exact) mass is 244 g/mol. The molecule has 0 aliphatic carbocycles. The second kappa shape index (κ2) is 5.41. The molecule has 1 N–H and O–H groups in total. The van der Waals surface area contributed by atoms with Crippen LogP contribution in [0.15, 0.2) is 6.07 Å². The number of aliphatic hydroxyl groups excluding tert-OH is 1. The average molecular weight is 245 g/mol. The normalized spacial score (nSPS) is 10.7. The van der Waals surface area contributed by atoms with Gasteiger partial charge in [-0.2, -0.15) is 0 Å². The molecular weight excluding hydrogens is 228 g/mol. The lowest BCUT2D eigenvalue weighted by atomic mass is 9.95. The number of hydrogen-bond donors (Lipinski definition) is 1. The zero-order chi connectivity index (χ0) is 12.3. The standard InChI is InChI=1S/C12H17ClO3/c1-7(2)11-8(6-14)9(13)5-10(15-3)12(11)16-4/h5,7,14H,6H2,1-4H3. The Hall–Kier alpha value is -0.930. The van der Waals surface area contributed by atoms with Gasteiger partial charge in [0.15, 0.2) is 11.5 Å². The third kappa shape index (κ3) is 2.25. The molecule has 16 heavy (non-hydrogen) atoms. The summed E-state index contributed by atoms with van der Waals surface area (Å²) in [5.41, 5.74) is 1.60. The van der Waals surface area contributed by atoms with Crippen molar-refractivity contribution in [2.24, 2.45) is 0 Å². The number of methoxy groups -OCH3 is 2. The molecule has 0 amide bonds. The number of benzene rings is 1. The molecule has 0 saturated carbocycles. The molecule has 0 aliphatic heterocycles. The third-order valence-corrected chi connectivity index (χ3v) is 2.84. The molecule has 1 aromatic carbocycles. The van der Waals surface area contributed by atoms with Gasteiger partial charge in [0.05, 0.1) is 25.8 Å². The Balaban J connectivity index is 3.53. The van der Waals surface area contributed by atoms with Gasteiger partial charge in [-0.05, 0) is 5.92 Å². The van der Waals surface area contributed by atoms with Crippen molar-refractivity contribution in [3.63, 3.8) is 0 Å². The van der Waals surface area contributed by atoms with Crippen molar-refractivity contribution in [3.8, 4) is 11.5 Å². The van der Waals surface area contributed by atoms with E-state index in [1.807, 2.05) is 13.8 Å². The van der Waals surface area contributed by atoms with Gasteiger partial charge in [0.2, 0.25) is 0 Å². The van der Waals surface area contributed by atoms with Gasteiger partial charge in [-0.3, -0.25) is 0 Å². The predicted octanol–water partition coefficient (Wildman–Crippen LogP) is 2.97. The fraction of sp³-hybridized carbons (Fsp3) is 0.500. The van der Waals surface area contributed by atoms with E-state index in [1.54, 1.807) is 20.3 Å². The van der Waals surface area contributed by atoms with Crippen LogP contribution in [-0.4, -0.2) is 19.3 Å². The Labute approximate surface area is 101 Å². The first-order valence-corrected chi connectivity index (χ1v) is 5.48. The molecule has 0 atom stereocenters. The van der Waals surface area contributed by atoms with E-state index in [9.17, 15) is 5.11 Å². The van der Waals surface area contributed by atoms with Crippen molar-refractivity contribution in [2.75, 3.05) is 14.2 Å². The quantitative estimate of drug-likeness (QED) is 0.885. The predicted molar refractivity (Wildman–Crippen MR) is 64.6 cm³/mol. The third-order valence-electron chi connectivity index (χ3n) is 2.50. The number of halogens is 1. The molecule has 0 bridgehead atoms. The first-order chi connectivity index (χ1) is 7.56. The topological polar surface area (TPSA) is 38.7 Å². The average Bonchev–Trinajstić information content (AvgIpc) is 2.27. The molecule has 4 heteroatoms. The summed E-state index contributed by atoms with van der Waals surface area (Å²) in [6.45, 7) is 3.94. The van der Waals surface area contributed by atoms with Crippen LogP contribution in [0.4, 0.5) is 0 Å². The van der Waals surface area contributed by atoms with Crippen molar-refractivity contribution >= 4 is 11.6 Å². The number of rotatable bonds is 4.